The van der Waals surface area contributed by atoms with Crippen LogP contribution in [0.2, 0.25) is 0 Å². The van der Waals surface area contributed by atoms with Gasteiger partial charge in [-0.2, -0.15) is 0 Å². The van der Waals surface area contributed by atoms with Crippen molar-refractivity contribution in [1.29, 1.82) is 0 Å². The predicted molar refractivity (Wildman–Crippen MR) is 88.0 cm³/mol. The Morgan fingerprint density at radius 3 is 2.29 bits per heavy atom. The number of urea groups is 1. The number of amides is 3. The Labute approximate surface area is 138 Å². The number of fused-ring (bicyclic) bond motifs is 1. The molecule has 2 N–H and O–H groups in total. The van der Waals surface area contributed by atoms with Crippen LogP contribution in [0.15, 0.2) is 36.4 Å². The van der Waals surface area contributed by atoms with Gasteiger partial charge in [-0.1, -0.05) is 24.3 Å². The van der Waals surface area contributed by atoms with Crippen LogP contribution in [0, 0.1) is 0 Å². The van der Waals surface area contributed by atoms with Crippen molar-refractivity contribution in [3.05, 3.63) is 42.0 Å². The first-order valence-electron chi connectivity index (χ1n) is 7.26. The molecule has 0 radical (unpaired) electrons. The van der Waals surface area contributed by atoms with E-state index in [1.54, 1.807) is 12.1 Å². The zero-order valence-electron chi connectivity index (χ0n) is 13.6. The van der Waals surface area contributed by atoms with E-state index in [0.717, 1.165) is 10.8 Å². The summed E-state index contributed by atoms with van der Waals surface area (Å²) < 4.78 is 10.4. The van der Waals surface area contributed by atoms with Crippen molar-refractivity contribution in [2.45, 2.75) is 13.0 Å². The number of nitrogens with one attached hydrogen (secondary N) is 2. The summed E-state index contributed by atoms with van der Waals surface area (Å²) in [4.78, 5) is 35.2. The minimum absolute atomic E-state index is 0.204. The van der Waals surface area contributed by atoms with Crippen LogP contribution in [0.1, 0.15) is 17.3 Å². The van der Waals surface area contributed by atoms with Crippen molar-refractivity contribution < 1.29 is 23.9 Å². The molecule has 126 valence electrons. The van der Waals surface area contributed by atoms with Gasteiger partial charge >= 0.3 is 12.0 Å². The van der Waals surface area contributed by atoms with Gasteiger partial charge < -0.3 is 14.8 Å². The molecule has 0 fully saturated rings. The van der Waals surface area contributed by atoms with Crippen LogP contribution >= 0.6 is 0 Å². The van der Waals surface area contributed by atoms with E-state index in [1.807, 2.05) is 29.6 Å². The monoisotopic (exact) mass is 330 g/mol. The minimum Gasteiger partial charge on any atom is -0.496 e. The van der Waals surface area contributed by atoms with Gasteiger partial charge in [0.05, 0.1) is 7.11 Å². The zero-order chi connectivity index (χ0) is 17.7. The van der Waals surface area contributed by atoms with Crippen LogP contribution in [-0.4, -0.2) is 38.2 Å². The number of hydrogen-bond acceptors (Lipinski definition) is 5. The second kappa shape index (κ2) is 7.45. The highest BCUT2D eigenvalue weighted by Crippen LogP contribution is 2.26. The Kier molecular flexibility index (Phi) is 5.36. The van der Waals surface area contributed by atoms with Gasteiger partial charge in [-0.3, -0.25) is 10.1 Å². The summed E-state index contributed by atoms with van der Waals surface area (Å²) in [6, 6.07) is 10.2. The number of rotatable bonds is 4. The zero-order valence-corrected chi connectivity index (χ0v) is 13.6. The van der Waals surface area contributed by atoms with E-state index < -0.39 is 24.0 Å². The van der Waals surface area contributed by atoms with E-state index in [9.17, 15) is 14.4 Å². The summed E-state index contributed by atoms with van der Waals surface area (Å²) in [5, 5.41) is 6.04. The number of imide groups is 1. The van der Waals surface area contributed by atoms with E-state index in [2.05, 4.69) is 5.32 Å². The molecule has 7 nitrogen and oxygen atoms in total. The highest BCUT2D eigenvalue weighted by molar-refractivity contribution is 6.01. The number of esters is 1. The molecule has 7 heteroatoms. The van der Waals surface area contributed by atoms with Gasteiger partial charge in [0.2, 0.25) is 0 Å². The lowest BCUT2D eigenvalue weighted by atomic mass is 10.1. The molecule has 0 unspecified atom stereocenters. The van der Waals surface area contributed by atoms with Gasteiger partial charge in [-0.15, -0.1) is 0 Å². The third-order valence-electron chi connectivity index (χ3n) is 3.40. The van der Waals surface area contributed by atoms with E-state index >= 15 is 0 Å². The SMILES string of the molecule is CNC(=O)NC(=O)[C@H](C)OC(=O)c1cc2ccccc2cc1OC. The van der Waals surface area contributed by atoms with Crippen molar-refractivity contribution in [3.8, 4) is 5.75 Å². The molecule has 0 saturated heterocycles. The highest BCUT2D eigenvalue weighted by atomic mass is 16.5. The quantitative estimate of drug-likeness (QED) is 0.835. The second-order valence-electron chi connectivity index (χ2n) is 5.02. The molecule has 0 aromatic heterocycles. The molecule has 2 aromatic rings. The molecule has 0 aliphatic heterocycles. The fourth-order valence-electron chi connectivity index (χ4n) is 2.10. The van der Waals surface area contributed by atoms with Crippen LogP contribution in [0.3, 0.4) is 0 Å². The molecule has 0 heterocycles. The van der Waals surface area contributed by atoms with Gasteiger partial charge in [0, 0.05) is 7.05 Å². The molecule has 0 saturated carbocycles. The number of methoxy groups -OCH3 is 1. The summed E-state index contributed by atoms with van der Waals surface area (Å²) in [5.74, 6) is -1.09. The first kappa shape index (κ1) is 17.3. The normalized spacial score (nSPS) is 11.5. The Morgan fingerprint density at radius 1 is 1.08 bits per heavy atom. The third kappa shape index (κ3) is 3.81. The fourth-order valence-corrected chi connectivity index (χ4v) is 2.10. The molecular formula is C17H18N2O5. The average Bonchev–Trinajstić information content (AvgIpc) is 2.59. The highest BCUT2D eigenvalue weighted by Gasteiger charge is 2.22. The number of benzene rings is 2. The second-order valence-corrected chi connectivity index (χ2v) is 5.02. The Hall–Kier alpha value is -3.09. The topological polar surface area (TPSA) is 93.7 Å². The van der Waals surface area contributed by atoms with Gasteiger partial charge in [0.1, 0.15) is 11.3 Å². The molecule has 0 aliphatic rings. The van der Waals surface area contributed by atoms with Gasteiger partial charge in [-0.05, 0) is 29.8 Å². The van der Waals surface area contributed by atoms with Crippen molar-refractivity contribution in [1.82, 2.24) is 10.6 Å². The maximum absolute atomic E-state index is 12.4. The van der Waals surface area contributed by atoms with E-state index in [0.29, 0.717) is 5.75 Å². The summed E-state index contributed by atoms with van der Waals surface area (Å²) in [5.41, 5.74) is 0.204. The fraction of sp³-hybridized carbons (Fsp3) is 0.235. The van der Waals surface area contributed by atoms with Gasteiger partial charge in [0.25, 0.3) is 5.91 Å². The molecule has 0 bridgehead atoms. The minimum atomic E-state index is -1.13. The smallest absolute Gasteiger partial charge is 0.342 e. The maximum atomic E-state index is 12.4. The third-order valence-corrected chi connectivity index (χ3v) is 3.40. The molecule has 0 spiro atoms. The number of ether oxygens (including phenoxy) is 2. The van der Waals surface area contributed by atoms with Crippen molar-refractivity contribution >= 4 is 28.7 Å². The summed E-state index contributed by atoms with van der Waals surface area (Å²) >= 11 is 0. The molecular weight excluding hydrogens is 312 g/mol. The van der Waals surface area contributed by atoms with Crippen LogP contribution in [0.5, 0.6) is 5.75 Å². The lowest BCUT2D eigenvalue weighted by Gasteiger charge is -2.14. The van der Waals surface area contributed by atoms with E-state index in [-0.39, 0.29) is 5.56 Å². The maximum Gasteiger partial charge on any atom is 0.342 e. The summed E-state index contributed by atoms with van der Waals surface area (Å²) in [7, 11) is 2.82. The van der Waals surface area contributed by atoms with Crippen molar-refractivity contribution in [2.24, 2.45) is 0 Å². The lowest BCUT2D eigenvalue weighted by Crippen LogP contribution is -2.43. The standard InChI is InChI=1S/C17H18N2O5/c1-10(15(20)19-17(22)18-2)24-16(21)13-8-11-6-4-5-7-12(11)9-14(13)23-3/h4-10H,1-3H3,(H2,18,19,20,22)/t10-/m0/s1. The predicted octanol–water partition coefficient (Wildman–Crippen LogP) is 1.85. The molecule has 24 heavy (non-hydrogen) atoms. The average molecular weight is 330 g/mol. The molecule has 3 amide bonds. The van der Waals surface area contributed by atoms with Crippen LogP contribution in [-0.2, 0) is 9.53 Å². The number of carbonyl (C=O) groups excluding carboxylic acids is 3. The number of hydrogen-bond donors (Lipinski definition) is 2. The van der Waals surface area contributed by atoms with Gasteiger partial charge in [0.15, 0.2) is 6.10 Å². The summed E-state index contributed by atoms with van der Waals surface area (Å²) in [6.45, 7) is 1.38. The van der Waals surface area contributed by atoms with E-state index in [4.69, 9.17) is 9.47 Å². The van der Waals surface area contributed by atoms with Gasteiger partial charge in [-0.25, -0.2) is 9.59 Å². The Balaban J connectivity index is 2.21. The first-order chi connectivity index (χ1) is 11.5. The molecule has 2 rings (SSSR count). The van der Waals surface area contributed by atoms with E-state index in [1.165, 1.54) is 21.1 Å². The lowest BCUT2D eigenvalue weighted by molar-refractivity contribution is -0.127. The Morgan fingerprint density at radius 2 is 1.71 bits per heavy atom. The van der Waals surface area contributed by atoms with Crippen molar-refractivity contribution in [2.75, 3.05) is 14.2 Å². The molecule has 0 aliphatic carbocycles. The van der Waals surface area contributed by atoms with Crippen LogP contribution in [0.25, 0.3) is 10.8 Å². The van der Waals surface area contributed by atoms with Crippen LogP contribution in [0.4, 0.5) is 4.79 Å². The molecule has 1 atom stereocenters. The largest absolute Gasteiger partial charge is 0.496 e. The van der Waals surface area contributed by atoms with Crippen molar-refractivity contribution in [3.63, 3.8) is 0 Å². The number of carbonyl (C=O) groups is 3. The molecule has 2 aromatic carbocycles. The first-order valence-corrected chi connectivity index (χ1v) is 7.26. The Bertz CT molecular complexity index is 788. The van der Waals surface area contributed by atoms with Crippen LogP contribution < -0.4 is 15.4 Å². The summed E-state index contributed by atoms with van der Waals surface area (Å²) in [6.07, 6.45) is -1.13.